The number of benzene rings is 8. The summed E-state index contributed by atoms with van der Waals surface area (Å²) in [4.78, 5) is 10.5. The molecule has 3 heteroatoms. The Labute approximate surface area is 299 Å². The molecule has 1 spiro atoms. The predicted molar refractivity (Wildman–Crippen MR) is 211 cm³/mol. The highest BCUT2D eigenvalue weighted by molar-refractivity contribution is 6.14. The molecule has 0 saturated heterocycles. The van der Waals surface area contributed by atoms with Gasteiger partial charge in [0, 0.05) is 27.3 Å². The van der Waals surface area contributed by atoms with Crippen LogP contribution in [-0.4, -0.2) is 9.97 Å². The molecular weight excluding hydrogens is 633 g/mol. The molecule has 8 aromatic carbocycles. The zero-order valence-electron chi connectivity index (χ0n) is 28.0. The molecule has 0 saturated carbocycles. The lowest BCUT2D eigenvalue weighted by Crippen LogP contribution is -2.25. The number of nitrogens with zero attached hydrogens (tertiary/aromatic N) is 2. The van der Waals surface area contributed by atoms with Crippen molar-refractivity contribution in [3.63, 3.8) is 0 Å². The Balaban J connectivity index is 1.13. The van der Waals surface area contributed by atoms with Gasteiger partial charge in [-0.25, -0.2) is 9.97 Å². The van der Waals surface area contributed by atoms with Crippen molar-refractivity contribution in [3.05, 3.63) is 192 Å². The molecule has 240 valence electrons. The van der Waals surface area contributed by atoms with Crippen molar-refractivity contribution in [2.75, 3.05) is 0 Å². The van der Waals surface area contributed by atoms with Gasteiger partial charge in [-0.05, 0) is 85.6 Å². The average molecular weight is 661 g/mol. The monoisotopic (exact) mass is 660 g/mol. The van der Waals surface area contributed by atoms with E-state index in [1.54, 1.807) is 0 Å². The summed E-state index contributed by atoms with van der Waals surface area (Å²) >= 11 is 0. The molecule has 0 amide bonds. The third-order valence-electron chi connectivity index (χ3n) is 11.5. The fourth-order valence-electron chi connectivity index (χ4n) is 9.35. The number of furan rings is 1. The zero-order chi connectivity index (χ0) is 34.0. The van der Waals surface area contributed by atoms with Gasteiger partial charge in [-0.3, -0.25) is 0 Å². The Kier molecular flexibility index (Phi) is 5.43. The van der Waals surface area contributed by atoms with E-state index in [1.807, 2.05) is 6.07 Å². The van der Waals surface area contributed by atoms with Crippen molar-refractivity contribution in [2.24, 2.45) is 0 Å². The maximum Gasteiger partial charge on any atom is 0.161 e. The molecule has 52 heavy (non-hydrogen) atoms. The molecule has 2 aliphatic carbocycles. The van der Waals surface area contributed by atoms with Crippen molar-refractivity contribution >= 4 is 43.6 Å². The molecule has 2 aliphatic rings. The topological polar surface area (TPSA) is 38.9 Å². The lowest BCUT2D eigenvalue weighted by atomic mass is 9.70. The van der Waals surface area contributed by atoms with E-state index in [4.69, 9.17) is 14.4 Å². The van der Waals surface area contributed by atoms with Crippen LogP contribution in [0.3, 0.4) is 0 Å². The van der Waals surface area contributed by atoms with Gasteiger partial charge in [-0.2, -0.15) is 0 Å². The first-order chi connectivity index (χ1) is 25.8. The molecule has 0 N–H and O–H groups in total. The van der Waals surface area contributed by atoms with Crippen LogP contribution in [0.1, 0.15) is 22.3 Å². The van der Waals surface area contributed by atoms with Gasteiger partial charge in [0.1, 0.15) is 11.2 Å². The van der Waals surface area contributed by atoms with Gasteiger partial charge < -0.3 is 4.42 Å². The van der Waals surface area contributed by atoms with Gasteiger partial charge in [0.05, 0.1) is 16.6 Å². The number of aromatic nitrogens is 2. The van der Waals surface area contributed by atoms with Crippen LogP contribution in [0.25, 0.3) is 88.5 Å². The van der Waals surface area contributed by atoms with Crippen LogP contribution in [0, 0.1) is 0 Å². The average Bonchev–Trinajstić information content (AvgIpc) is 3.83. The summed E-state index contributed by atoms with van der Waals surface area (Å²) in [6, 6.07) is 61.1. The van der Waals surface area contributed by atoms with Crippen LogP contribution in [0.2, 0.25) is 0 Å². The fourth-order valence-corrected chi connectivity index (χ4v) is 9.35. The minimum atomic E-state index is -0.425. The summed E-state index contributed by atoms with van der Waals surface area (Å²) in [7, 11) is 0. The minimum Gasteiger partial charge on any atom is -0.456 e. The largest absolute Gasteiger partial charge is 0.456 e. The van der Waals surface area contributed by atoms with Gasteiger partial charge in [-0.1, -0.05) is 140 Å². The summed E-state index contributed by atoms with van der Waals surface area (Å²) in [6.07, 6.45) is 0. The fraction of sp³-hybridized carbons (Fsp3) is 0.0204. The molecule has 0 unspecified atom stereocenters. The van der Waals surface area contributed by atoms with Crippen molar-refractivity contribution in [3.8, 4) is 44.9 Å². The van der Waals surface area contributed by atoms with E-state index in [0.29, 0.717) is 5.82 Å². The molecule has 0 fully saturated rings. The highest BCUT2D eigenvalue weighted by atomic mass is 16.3. The SMILES string of the molecule is c1ccc2c(c1)-c1ccccc1C21c2ccccc2-c2cc3c(cc21)oc1cccc(-c2nc(-c4ccc5ccccc5c4)c4ccccc4n2)c13. The molecular formula is C49H28N2O. The zero-order valence-corrected chi connectivity index (χ0v) is 28.0. The Bertz CT molecular complexity index is 3110. The molecule has 10 aromatic rings. The first kappa shape index (κ1) is 27.9. The first-order valence-corrected chi connectivity index (χ1v) is 17.8. The molecule has 2 heterocycles. The Morgan fingerprint density at radius 1 is 0.404 bits per heavy atom. The highest BCUT2D eigenvalue weighted by Crippen LogP contribution is 2.63. The number of rotatable bonds is 2. The van der Waals surface area contributed by atoms with Gasteiger partial charge >= 0.3 is 0 Å². The third kappa shape index (κ3) is 3.54. The van der Waals surface area contributed by atoms with E-state index >= 15 is 0 Å². The lowest BCUT2D eigenvalue weighted by molar-refractivity contribution is 0.666. The molecule has 12 rings (SSSR count). The quantitative estimate of drug-likeness (QED) is 0.185. The van der Waals surface area contributed by atoms with Gasteiger partial charge in [-0.15, -0.1) is 0 Å². The van der Waals surface area contributed by atoms with Crippen LogP contribution < -0.4 is 0 Å². The van der Waals surface area contributed by atoms with Crippen LogP contribution in [0.5, 0.6) is 0 Å². The van der Waals surface area contributed by atoms with E-state index in [9.17, 15) is 0 Å². The van der Waals surface area contributed by atoms with Gasteiger partial charge in [0.2, 0.25) is 0 Å². The normalized spacial score (nSPS) is 13.5. The Morgan fingerprint density at radius 2 is 1.04 bits per heavy atom. The Morgan fingerprint density at radius 3 is 1.81 bits per heavy atom. The summed E-state index contributed by atoms with van der Waals surface area (Å²) < 4.78 is 6.81. The van der Waals surface area contributed by atoms with Crippen LogP contribution in [0.4, 0.5) is 0 Å². The third-order valence-corrected chi connectivity index (χ3v) is 11.5. The summed E-state index contributed by atoms with van der Waals surface area (Å²) in [5, 5.41) is 5.53. The predicted octanol–water partition coefficient (Wildman–Crippen LogP) is 12.4. The number of fused-ring (bicyclic) bond motifs is 15. The number of hydrogen-bond donors (Lipinski definition) is 0. The summed E-state index contributed by atoms with van der Waals surface area (Å²) in [6.45, 7) is 0. The molecule has 0 radical (unpaired) electrons. The van der Waals surface area contributed by atoms with E-state index in [-0.39, 0.29) is 0 Å². The second-order valence-corrected chi connectivity index (χ2v) is 14.0. The molecule has 0 atom stereocenters. The smallest absolute Gasteiger partial charge is 0.161 e. The molecule has 0 bridgehead atoms. The van der Waals surface area contributed by atoms with Crippen molar-refractivity contribution in [2.45, 2.75) is 5.41 Å². The van der Waals surface area contributed by atoms with E-state index in [0.717, 1.165) is 49.7 Å². The van der Waals surface area contributed by atoms with Crippen LogP contribution in [-0.2, 0) is 5.41 Å². The number of hydrogen-bond acceptors (Lipinski definition) is 3. The maximum atomic E-state index is 6.81. The number of para-hydroxylation sites is 1. The van der Waals surface area contributed by atoms with Crippen molar-refractivity contribution < 1.29 is 4.42 Å². The summed E-state index contributed by atoms with van der Waals surface area (Å²) in [5.41, 5.74) is 15.5. The van der Waals surface area contributed by atoms with Crippen LogP contribution in [0.15, 0.2) is 174 Å². The van der Waals surface area contributed by atoms with Crippen LogP contribution >= 0.6 is 0 Å². The second-order valence-electron chi connectivity index (χ2n) is 14.0. The van der Waals surface area contributed by atoms with Gasteiger partial charge in [0.15, 0.2) is 5.82 Å². The molecule has 2 aromatic heterocycles. The van der Waals surface area contributed by atoms with Crippen molar-refractivity contribution in [1.29, 1.82) is 0 Å². The van der Waals surface area contributed by atoms with E-state index in [1.165, 1.54) is 55.3 Å². The molecule has 0 aliphatic heterocycles. The molecule has 3 nitrogen and oxygen atoms in total. The first-order valence-electron chi connectivity index (χ1n) is 17.8. The highest BCUT2D eigenvalue weighted by Gasteiger charge is 2.51. The Hall–Kier alpha value is -6.84. The summed E-state index contributed by atoms with van der Waals surface area (Å²) in [5.74, 6) is 0.686. The second kappa shape index (κ2) is 10.1. The van der Waals surface area contributed by atoms with Gasteiger partial charge in [0.25, 0.3) is 0 Å². The van der Waals surface area contributed by atoms with E-state index in [2.05, 4.69) is 164 Å². The maximum absolute atomic E-state index is 6.81. The van der Waals surface area contributed by atoms with Crippen molar-refractivity contribution in [1.82, 2.24) is 9.97 Å². The standard InChI is InChI=1S/C49H28N2O/c1-2-13-30-26-31(25-24-29(30)12-1)47-35-17-6-10-22-43(35)50-48(51-47)36-18-11-23-44-46(36)38-27-37-34-16-5-9-21-41(34)49(42(37)28-45(38)52-44)39-19-7-3-14-32(39)33-15-4-8-20-40(33)49/h1-28H. The minimum absolute atomic E-state index is 0.425. The van der Waals surface area contributed by atoms with E-state index < -0.39 is 5.41 Å². The lowest BCUT2D eigenvalue weighted by Gasteiger charge is -2.30.